The smallest absolute Gasteiger partial charge is 0.0599 e. The molecule has 0 amide bonds. The van der Waals surface area contributed by atoms with E-state index < -0.39 is 0 Å². The maximum atomic E-state index is 5.36. The first-order valence-electron chi connectivity index (χ1n) is 7.05. The second-order valence-corrected chi connectivity index (χ2v) is 5.46. The number of rotatable bonds is 3. The van der Waals surface area contributed by atoms with Crippen molar-refractivity contribution in [1.82, 2.24) is 15.1 Å². The number of halogens is 1. The summed E-state index contributed by atoms with van der Waals surface area (Å²) in [7, 11) is 0. The average Bonchev–Trinajstić information content (AvgIpc) is 2.89. The van der Waals surface area contributed by atoms with E-state index in [1.807, 2.05) is 0 Å². The van der Waals surface area contributed by atoms with Gasteiger partial charge in [-0.05, 0) is 16.7 Å². The third-order valence-corrected chi connectivity index (χ3v) is 4.09. The fraction of sp³-hybridized carbons (Fsp3) is 0.500. The first-order valence-corrected chi connectivity index (χ1v) is 7.05. The second-order valence-electron chi connectivity index (χ2n) is 5.46. The second kappa shape index (κ2) is 7.10. The van der Waals surface area contributed by atoms with E-state index in [1.54, 1.807) is 0 Å². The lowest BCUT2D eigenvalue weighted by Gasteiger charge is -2.33. The van der Waals surface area contributed by atoms with Crippen molar-refractivity contribution in [3.8, 4) is 12.3 Å². The van der Waals surface area contributed by atoms with Crippen LogP contribution in [0.15, 0.2) is 18.2 Å². The van der Waals surface area contributed by atoms with E-state index in [9.17, 15) is 0 Å². The van der Waals surface area contributed by atoms with E-state index in [1.165, 1.54) is 16.7 Å². The zero-order chi connectivity index (χ0) is 13.1. The molecule has 0 saturated carbocycles. The Balaban J connectivity index is 0.00000147. The van der Waals surface area contributed by atoms with Crippen LogP contribution in [0, 0.1) is 12.3 Å². The molecule has 0 spiro atoms. The molecular formula is C16H22ClN3. The highest BCUT2D eigenvalue weighted by atomic mass is 35.5. The van der Waals surface area contributed by atoms with Gasteiger partial charge in [-0.2, -0.15) is 0 Å². The highest BCUT2D eigenvalue weighted by Crippen LogP contribution is 2.18. The van der Waals surface area contributed by atoms with Crippen LogP contribution in [-0.2, 0) is 19.6 Å². The Labute approximate surface area is 127 Å². The molecular weight excluding hydrogens is 270 g/mol. The first kappa shape index (κ1) is 15.3. The van der Waals surface area contributed by atoms with Gasteiger partial charge in [0.1, 0.15) is 0 Å². The van der Waals surface area contributed by atoms with Crippen molar-refractivity contribution < 1.29 is 0 Å². The Hall–Kier alpha value is -1.05. The van der Waals surface area contributed by atoms with Gasteiger partial charge in [0.05, 0.1) is 6.54 Å². The summed E-state index contributed by atoms with van der Waals surface area (Å²) in [6, 6.07) is 6.92. The monoisotopic (exact) mass is 291 g/mol. The van der Waals surface area contributed by atoms with E-state index in [-0.39, 0.29) is 12.4 Å². The summed E-state index contributed by atoms with van der Waals surface area (Å²) in [6.07, 6.45) is 5.36. The van der Waals surface area contributed by atoms with Crippen LogP contribution in [0.25, 0.3) is 0 Å². The molecule has 4 heteroatoms. The van der Waals surface area contributed by atoms with Gasteiger partial charge in [0.15, 0.2) is 0 Å². The lowest BCUT2D eigenvalue weighted by molar-refractivity contribution is 0.138. The zero-order valence-corrected chi connectivity index (χ0v) is 12.6. The van der Waals surface area contributed by atoms with E-state index in [4.69, 9.17) is 6.42 Å². The number of piperazine rings is 1. The minimum Gasteiger partial charge on any atom is -0.309 e. The minimum atomic E-state index is 0. The number of nitrogens with zero attached hydrogens (tertiary/aromatic N) is 2. The van der Waals surface area contributed by atoms with Crippen LogP contribution >= 0.6 is 12.4 Å². The minimum absolute atomic E-state index is 0. The Morgan fingerprint density at radius 3 is 2.50 bits per heavy atom. The number of hydrogen-bond acceptors (Lipinski definition) is 3. The summed E-state index contributed by atoms with van der Waals surface area (Å²) < 4.78 is 0. The SMILES string of the molecule is C#CCN1CCN(Cc2ccc3c(c2)CNC3)CC1.Cl. The van der Waals surface area contributed by atoms with Crippen LogP contribution in [-0.4, -0.2) is 42.5 Å². The third-order valence-electron chi connectivity index (χ3n) is 4.09. The van der Waals surface area contributed by atoms with Crippen LogP contribution in [0.5, 0.6) is 0 Å². The Bertz CT molecular complexity index is 487. The fourth-order valence-corrected chi connectivity index (χ4v) is 2.94. The number of fused-ring (bicyclic) bond motifs is 1. The first-order chi connectivity index (χ1) is 9.35. The molecule has 0 atom stereocenters. The van der Waals surface area contributed by atoms with Crippen molar-refractivity contribution in [3.05, 3.63) is 34.9 Å². The normalized spacial score (nSPS) is 19.1. The van der Waals surface area contributed by atoms with Crippen LogP contribution in [0.4, 0.5) is 0 Å². The lowest BCUT2D eigenvalue weighted by atomic mass is 10.1. The highest BCUT2D eigenvalue weighted by molar-refractivity contribution is 5.85. The van der Waals surface area contributed by atoms with Crippen molar-refractivity contribution in [1.29, 1.82) is 0 Å². The van der Waals surface area contributed by atoms with Gasteiger partial charge in [-0.25, -0.2) is 0 Å². The molecule has 1 fully saturated rings. The number of benzene rings is 1. The molecule has 0 aromatic heterocycles. The molecule has 0 radical (unpaired) electrons. The Morgan fingerprint density at radius 1 is 1.05 bits per heavy atom. The summed E-state index contributed by atoms with van der Waals surface area (Å²) in [5, 5.41) is 3.40. The molecule has 3 rings (SSSR count). The van der Waals surface area contributed by atoms with Gasteiger partial charge >= 0.3 is 0 Å². The molecule has 108 valence electrons. The van der Waals surface area contributed by atoms with Crippen molar-refractivity contribution in [2.24, 2.45) is 0 Å². The molecule has 1 N–H and O–H groups in total. The molecule has 20 heavy (non-hydrogen) atoms. The molecule has 2 aliphatic rings. The molecule has 1 aromatic carbocycles. The summed E-state index contributed by atoms with van der Waals surface area (Å²) in [4.78, 5) is 4.88. The van der Waals surface area contributed by atoms with Crippen LogP contribution in [0.2, 0.25) is 0 Å². The van der Waals surface area contributed by atoms with Gasteiger partial charge in [0, 0.05) is 45.8 Å². The maximum absolute atomic E-state index is 5.36. The summed E-state index contributed by atoms with van der Waals surface area (Å²) >= 11 is 0. The predicted molar refractivity (Wildman–Crippen MR) is 84.8 cm³/mol. The topological polar surface area (TPSA) is 18.5 Å². The van der Waals surface area contributed by atoms with Crippen LogP contribution in [0.1, 0.15) is 16.7 Å². The van der Waals surface area contributed by atoms with Crippen molar-refractivity contribution in [2.75, 3.05) is 32.7 Å². The average molecular weight is 292 g/mol. The standard InChI is InChI=1S/C16H21N3.ClH/c1-2-5-18-6-8-19(9-7-18)13-14-3-4-15-11-17-12-16(15)10-14;/h1,3-4,10,17H,5-9,11-13H2;1H. The number of terminal acetylenes is 1. The predicted octanol–water partition coefficient (Wildman–Crippen LogP) is 1.46. The Kier molecular flexibility index (Phi) is 5.45. The van der Waals surface area contributed by atoms with Crippen molar-refractivity contribution >= 4 is 12.4 Å². The van der Waals surface area contributed by atoms with Gasteiger partial charge in [-0.3, -0.25) is 9.80 Å². The molecule has 1 aromatic rings. The molecule has 0 unspecified atom stereocenters. The van der Waals surface area contributed by atoms with Gasteiger partial charge in [-0.1, -0.05) is 24.1 Å². The number of nitrogens with one attached hydrogen (secondary N) is 1. The van der Waals surface area contributed by atoms with Gasteiger partial charge in [0.2, 0.25) is 0 Å². The summed E-state index contributed by atoms with van der Waals surface area (Å²) in [6.45, 7) is 8.34. The largest absolute Gasteiger partial charge is 0.309 e. The number of hydrogen-bond donors (Lipinski definition) is 1. The molecule has 0 aliphatic carbocycles. The van der Waals surface area contributed by atoms with Crippen LogP contribution < -0.4 is 5.32 Å². The van der Waals surface area contributed by atoms with Gasteiger partial charge in [0.25, 0.3) is 0 Å². The third kappa shape index (κ3) is 3.53. The van der Waals surface area contributed by atoms with Crippen molar-refractivity contribution in [3.63, 3.8) is 0 Å². The molecule has 3 nitrogen and oxygen atoms in total. The van der Waals surface area contributed by atoms with Crippen molar-refractivity contribution in [2.45, 2.75) is 19.6 Å². The molecule has 2 aliphatic heterocycles. The van der Waals surface area contributed by atoms with Crippen LogP contribution in [0.3, 0.4) is 0 Å². The van der Waals surface area contributed by atoms with E-state index in [0.29, 0.717) is 0 Å². The van der Waals surface area contributed by atoms with E-state index >= 15 is 0 Å². The fourth-order valence-electron chi connectivity index (χ4n) is 2.94. The maximum Gasteiger partial charge on any atom is 0.0599 e. The Morgan fingerprint density at radius 2 is 1.75 bits per heavy atom. The molecule has 0 bridgehead atoms. The summed E-state index contributed by atoms with van der Waals surface area (Å²) in [5.41, 5.74) is 4.37. The molecule has 2 heterocycles. The lowest BCUT2D eigenvalue weighted by Crippen LogP contribution is -2.45. The quantitative estimate of drug-likeness (QED) is 0.851. The summed E-state index contributed by atoms with van der Waals surface area (Å²) in [5.74, 6) is 2.73. The molecule has 1 saturated heterocycles. The zero-order valence-electron chi connectivity index (χ0n) is 11.8. The van der Waals surface area contributed by atoms with E-state index in [2.05, 4.69) is 39.2 Å². The van der Waals surface area contributed by atoms with Gasteiger partial charge < -0.3 is 5.32 Å². The van der Waals surface area contributed by atoms with E-state index in [0.717, 1.165) is 52.4 Å². The van der Waals surface area contributed by atoms with Gasteiger partial charge in [-0.15, -0.1) is 18.8 Å². The highest BCUT2D eigenvalue weighted by Gasteiger charge is 2.17.